The Bertz CT molecular complexity index is 1270. The van der Waals surface area contributed by atoms with Crippen LogP contribution in [0.25, 0.3) is 11.3 Å². The van der Waals surface area contributed by atoms with Crippen LogP contribution >= 0.6 is 23.2 Å². The highest BCUT2D eigenvalue weighted by atomic mass is 35.5. The summed E-state index contributed by atoms with van der Waals surface area (Å²) in [4.78, 5) is 24.7. The first kappa shape index (κ1) is 26.1. The van der Waals surface area contributed by atoms with Crippen LogP contribution in [0.2, 0.25) is 10.0 Å². The van der Waals surface area contributed by atoms with Gasteiger partial charge in [0.15, 0.2) is 11.4 Å². The number of benzene rings is 1. The lowest BCUT2D eigenvalue weighted by atomic mass is 10.0. The van der Waals surface area contributed by atoms with E-state index in [2.05, 4.69) is 20.3 Å². The van der Waals surface area contributed by atoms with E-state index >= 15 is 0 Å². The summed E-state index contributed by atoms with van der Waals surface area (Å²) in [5.74, 6) is -1.62. The molecule has 1 fully saturated rings. The van der Waals surface area contributed by atoms with E-state index in [9.17, 15) is 23.1 Å². The van der Waals surface area contributed by atoms with Crippen molar-refractivity contribution in [3.8, 4) is 17.1 Å². The van der Waals surface area contributed by atoms with Crippen LogP contribution in [0.15, 0.2) is 42.6 Å². The lowest BCUT2D eigenvalue weighted by Crippen LogP contribution is -2.43. The monoisotopic (exact) mass is 540 g/mol. The molecule has 2 N–H and O–H groups in total. The number of carbonyl (C=O) groups is 1. The van der Waals surface area contributed by atoms with Crippen molar-refractivity contribution in [2.45, 2.75) is 38.1 Å². The SMILES string of the molecule is CC(O)(CNC(=O)c1nc(-c2ccc(Cl)c(Cl)c2)c(OCc2ccccn2)nc1C(F)(F)F)C1CC1. The van der Waals surface area contributed by atoms with E-state index in [-0.39, 0.29) is 40.4 Å². The van der Waals surface area contributed by atoms with Crippen molar-refractivity contribution < 1.29 is 27.8 Å². The summed E-state index contributed by atoms with van der Waals surface area (Å²) in [5.41, 5.74) is -3.19. The third-order valence-electron chi connectivity index (χ3n) is 5.69. The van der Waals surface area contributed by atoms with Gasteiger partial charge in [0, 0.05) is 18.3 Å². The number of ether oxygens (including phenoxy) is 1. The molecular weight excluding hydrogens is 520 g/mol. The van der Waals surface area contributed by atoms with E-state index < -0.39 is 35.0 Å². The van der Waals surface area contributed by atoms with Gasteiger partial charge in [-0.25, -0.2) is 9.97 Å². The number of hydrogen-bond acceptors (Lipinski definition) is 6. The van der Waals surface area contributed by atoms with Gasteiger partial charge in [-0.2, -0.15) is 13.2 Å². The molecule has 1 atom stereocenters. The molecule has 0 aliphatic heterocycles. The molecule has 2 aromatic heterocycles. The molecular formula is C24H21Cl2F3N4O3. The Labute approximate surface area is 214 Å². The number of nitrogens with one attached hydrogen (secondary N) is 1. The van der Waals surface area contributed by atoms with Crippen molar-refractivity contribution >= 4 is 29.1 Å². The fourth-order valence-electron chi connectivity index (χ4n) is 3.53. The first-order valence-corrected chi connectivity index (χ1v) is 11.7. The van der Waals surface area contributed by atoms with Crippen LogP contribution in [0.1, 0.15) is 41.6 Å². The van der Waals surface area contributed by atoms with E-state index in [1.54, 1.807) is 18.2 Å². The van der Waals surface area contributed by atoms with Crippen LogP contribution in [0, 0.1) is 5.92 Å². The Kier molecular flexibility index (Phi) is 7.40. The maximum atomic E-state index is 14.0. The fraction of sp³-hybridized carbons (Fsp3) is 0.333. The van der Waals surface area contributed by atoms with Gasteiger partial charge in [-0.05, 0) is 49.9 Å². The van der Waals surface area contributed by atoms with Crippen molar-refractivity contribution in [2.75, 3.05) is 6.54 Å². The highest BCUT2D eigenvalue weighted by Gasteiger charge is 2.42. The van der Waals surface area contributed by atoms with Gasteiger partial charge in [0.2, 0.25) is 5.88 Å². The number of halogens is 5. The number of nitrogens with zero attached hydrogens (tertiary/aromatic N) is 3. The summed E-state index contributed by atoms with van der Waals surface area (Å²) >= 11 is 12.1. The number of hydrogen-bond donors (Lipinski definition) is 2. The molecule has 0 bridgehead atoms. The quantitative estimate of drug-likeness (QED) is 0.400. The Morgan fingerprint density at radius 2 is 1.92 bits per heavy atom. The smallest absolute Gasteiger partial charge is 0.435 e. The maximum absolute atomic E-state index is 14.0. The molecule has 1 aliphatic carbocycles. The summed E-state index contributed by atoms with van der Waals surface area (Å²) in [6.45, 7) is 1.09. The molecule has 1 unspecified atom stereocenters. The molecule has 1 saturated carbocycles. The molecule has 3 aromatic rings. The molecule has 0 radical (unpaired) electrons. The molecule has 36 heavy (non-hydrogen) atoms. The molecule has 1 amide bonds. The molecule has 0 saturated heterocycles. The minimum absolute atomic E-state index is 0.0277. The summed E-state index contributed by atoms with van der Waals surface area (Å²) in [5, 5.41) is 13.2. The number of aromatic nitrogens is 3. The van der Waals surface area contributed by atoms with Crippen molar-refractivity contribution in [1.82, 2.24) is 20.3 Å². The zero-order chi connectivity index (χ0) is 26.1. The minimum atomic E-state index is -5.02. The van der Waals surface area contributed by atoms with Crippen molar-refractivity contribution in [2.24, 2.45) is 5.92 Å². The number of carbonyl (C=O) groups excluding carboxylic acids is 1. The van der Waals surface area contributed by atoms with Crippen LogP contribution in [0.3, 0.4) is 0 Å². The van der Waals surface area contributed by atoms with Gasteiger partial charge in [-0.1, -0.05) is 35.3 Å². The Balaban J connectivity index is 1.76. The second-order valence-electron chi connectivity index (χ2n) is 8.63. The number of rotatable bonds is 8. The highest BCUT2D eigenvalue weighted by molar-refractivity contribution is 6.42. The summed E-state index contributed by atoms with van der Waals surface area (Å²) in [6, 6.07) is 9.30. The molecule has 4 rings (SSSR count). The van der Waals surface area contributed by atoms with Gasteiger partial charge in [-0.3, -0.25) is 9.78 Å². The van der Waals surface area contributed by atoms with E-state index in [0.29, 0.717) is 5.69 Å². The third-order valence-corrected chi connectivity index (χ3v) is 6.43. The standard InChI is InChI=1S/C24H21Cl2F3N4O3/c1-23(35,14-6-7-14)12-31-21(34)19-20(24(27,28)29)33-22(36-11-15-4-2-3-9-30-15)18(32-19)13-5-8-16(25)17(26)10-13/h2-5,8-10,14,35H,6-7,11-12H2,1H3,(H,31,34). The van der Waals surface area contributed by atoms with Crippen LogP contribution < -0.4 is 10.1 Å². The van der Waals surface area contributed by atoms with Gasteiger partial charge in [0.05, 0.1) is 21.3 Å². The van der Waals surface area contributed by atoms with Gasteiger partial charge in [0.1, 0.15) is 12.3 Å². The van der Waals surface area contributed by atoms with Crippen LogP contribution in [0.4, 0.5) is 13.2 Å². The second-order valence-corrected chi connectivity index (χ2v) is 9.44. The molecule has 7 nitrogen and oxygen atoms in total. The van der Waals surface area contributed by atoms with Gasteiger partial charge < -0.3 is 15.2 Å². The van der Waals surface area contributed by atoms with E-state index in [1.165, 1.54) is 31.3 Å². The maximum Gasteiger partial charge on any atom is 0.435 e. The van der Waals surface area contributed by atoms with E-state index in [4.69, 9.17) is 27.9 Å². The topological polar surface area (TPSA) is 97.2 Å². The number of pyridine rings is 1. The average molecular weight is 541 g/mol. The average Bonchev–Trinajstić information content (AvgIpc) is 3.69. The summed E-state index contributed by atoms with van der Waals surface area (Å²) < 4.78 is 47.5. The fourth-order valence-corrected chi connectivity index (χ4v) is 3.82. The molecule has 1 aromatic carbocycles. The molecule has 2 heterocycles. The Hall–Kier alpha value is -2.95. The third kappa shape index (κ3) is 6.05. The molecule has 0 spiro atoms. The second kappa shape index (κ2) is 10.2. The van der Waals surface area contributed by atoms with Gasteiger partial charge in [-0.15, -0.1) is 0 Å². The first-order chi connectivity index (χ1) is 17.0. The highest BCUT2D eigenvalue weighted by Crippen LogP contribution is 2.40. The molecule has 12 heteroatoms. The largest absolute Gasteiger partial charge is 0.470 e. The Morgan fingerprint density at radius 3 is 2.53 bits per heavy atom. The number of aliphatic hydroxyl groups is 1. The zero-order valence-corrected chi connectivity index (χ0v) is 20.5. The van der Waals surface area contributed by atoms with Crippen LogP contribution in [0.5, 0.6) is 5.88 Å². The van der Waals surface area contributed by atoms with Gasteiger partial charge in [0.25, 0.3) is 5.91 Å². The van der Waals surface area contributed by atoms with Crippen molar-refractivity contribution in [3.63, 3.8) is 0 Å². The number of amides is 1. The van der Waals surface area contributed by atoms with E-state index in [1.807, 2.05) is 0 Å². The molecule has 190 valence electrons. The van der Waals surface area contributed by atoms with Crippen molar-refractivity contribution in [1.29, 1.82) is 0 Å². The Morgan fingerprint density at radius 1 is 1.17 bits per heavy atom. The normalized spacial score (nSPS) is 15.3. The lowest BCUT2D eigenvalue weighted by Gasteiger charge is -2.23. The van der Waals surface area contributed by atoms with Gasteiger partial charge >= 0.3 is 6.18 Å². The van der Waals surface area contributed by atoms with Crippen LogP contribution in [-0.4, -0.2) is 38.1 Å². The number of alkyl halides is 3. The van der Waals surface area contributed by atoms with Crippen molar-refractivity contribution in [3.05, 3.63) is 69.7 Å². The minimum Gasteiger partial charge on any atom is -0.470 e. The van der Waals surface area contributed by atoms with E-state index in [0.717, 1.165) is 12.8 Å². The van der Waals surface area contributed by atoms with Crippen LogP contribution in [-0.2, 0) is 12.8 Å². The predicted molar refractivity (Wildman–Crippen MR) is 127 cm³/mol. The summed E-state index contributed by atoms with van der Waals surface area (Å²) in [6.07, 6.45) is -1.95. The lowest BCUT2D eigenvalue weighted by molar-refractivity contribution is -0.142. The first-order valence-electron chi connectivity index (χ1n) is 10.9. The summed E-state index contributed by atoms with van der Waals surface area (Å²) in [7, 11) is 0. The predicted octanol–water partition coefficient (Wildman–Crippen LogP) is 5.33. The molecule has 1 aliphatic rings. The zero-order valence-electron chi connectivity index (χ0n) is 18.9.